The van der Waals surface area contributed by atoms with Crippen LogP contribution in [0.15, 0.2) is 67.3 Å². The summed E-state index contributed by atoms with van der Waals surface area (Å²) in [5.74, 6) is 0.291. The number of anilines is 1. The molecular formula is C32H33ClFN7O4. The highest BCUT2D eigenvalue weighted by Gasteiger charge is 2.27. The van der Waals surface area contributed by atoms with E-state index >= 15 is 0 Å². The lowest BCUT2D eigenvalue weighted by molar-refractivity contribution is 0.0600. The van der Waals surface area contributed by atoms with E-state index in [9.17, 15) is 14.3 Å². The van der Waals surface area contributed by atoms with Gasteiger partial charge in [0.2, 0.25) is 5.88 Å². The van der Waals surface area contributed by atoms with Crippen LogP contribution in [0.4, 0.5) is 10.2 Å². The predicted octanol–water partition coefficient (Wildman–Crippen LogP) is 4.51. The van der Waals surface area contributed by atoms with Crippen LogP contribution in [0.2, 0.25) is 5.02 Å². The van der Waals surface area contributed by atoms with Gasteiger partial charge in [-0.15, -0.1) is 0 Å². The van der Waals surface area contributed by atoms with E-state index in [4.69, 9.17) is 26.1 Å². The number of piperazine rings is 1. The predicted molar refractivity (Wildman–Crippen MR) is 166 cm³/mol. The number of imidazole rings is 2. The SMILES string of the molecule is CCn1cncc1C(O)c1c(CN2CCN(c3cccc(OCc4ccc(Cl)cc4F)n3)CC2)nc2ccc(C(=O)OC)cn12. The number of aliphatic hydroxyl groups excluding tert-OH is 1. The lowest BCUT2D eigenvalue weighted by Gasteiger charge is -2.35. The number of methoxy groups -OCH3 is 1. The van der Waals surface area contributed by atoms with Crippen LogP contribution in [0.5, 0.6) is 5.88 Å². The number of carbonyl (C=O) groups is 1. The van der Waals surface area contributed by atoms with Crippen LogP contribution in [-0.4, -0.2) is 73.2 Å². The summed E-state index contributed by atoms with van der Waals surface area (Å²) in [5.41, 5.74) is 3.31. The third-order valence-corrected chi connectivity index (χ3v) is 8.18. The largest absolute Gasteiger partial charge is 0.473 e. The fourth-order valence-electron chi connectivity index (χ4n) is 5.52. The standard InChI is InChI=1S/C32H33ClFN7O4/c1-3-39-20-35-16-26(39)31(42)30-25(36-28-10-8-21(17-41(28)30)32(43)44-2)18-38-11-13-40(14-12-38)27-5-4-6-29(37-27)45-19-22-7-9-23(33)15-24(22)34/h4-10,15-17,20,31,42H,3,11-14,18-19H2,1-2H3. The quantitative estimate of drug-likeness (QED) is 0.222. The minimum Gasteiger partial charge on any atom is -0.473 e. The molecule has 0 aliphatic carbocycles. The Hall–Kier alpha value is -4.52. The van der Waals surface area contributed by atoms with E-state index in [-0.39, 0.29) is 6.61 Å². The van der Waals surface area contributed by atoms with E-state index in [0.29, 0.717) is 70.9 Å². The van der Waals surface area contributed by atoms with E-state index in [1.807, 2.05) is 23.6 Å². The molecule has 0 radical (unpaired) electrons. The van der Waals surface area contributed by atoms with Crippen molar-refractivity contribution in [2.45, 2.75) is 32.7 Å². The number of benzene rings is 1. The van der Waals surface area contributed by atoms with Crippen molar-refractivity contribution in [1.82, 2.24) is 28.8 Å². The second-order valence-electron chi connectivity index (χ2n) is 10.7. The van der Waals surface area contributed by atoms with Crippen LogP contribution in [0.3, 0.4) is 0 Å². The van der Waals surface area contributed by atoms with Gasteiger partial charge in [-0.25, -0.2) is 19.2 Å². The summed E-state index contributed by atoms with van der Waals surface area (Å²) in [4.78, 5) is 30.5. The molecule has 0 amide bonds. The maximum Gasteiger partial charge on any atom is 0.339 e. The second kappa shape index (κ2) is 13.2. The number of fused-ring (bicyclic) bond motifs is 1. The number of aromatic nitrogens is 5. The molecule has 1 unspecified atom stereocenters. The zero-order chi connectivity index (χ0) is 31.5. The number of carbonyl (C=O) groups excluding carboxylic acids is 1. The minimum absolute atomic E-state index is 0.0423. The summed E-state index contributed by atoms with van der Waals surface area (Å²) >= 11 is 5.85. The average Bonchev–Trinajstić information content (AvgIpc) is 3.68. The maximum atomic E-state index is 14.2. The van der Waals surface area contributed by atoms with Crippen molar-refractivity contribution >= 4 is 29.0 Å². The van der Waals surface area contributed by atoms with Crippen LogP contribution < -0.4 is 9.64 Å². The summed E-state index contributed by atoms with van der Waals surface area (Å²) in [7, 11) is 1.34. The summed E-state index contributed by atoms with van der Waals surface area (Å²) < 4.78 is 28.5. The Morgan fingerprint density at radius 1 is 1.11 bits per heavy atom. The van der Waals surface area contributed by atoms with Crippen molar-refractivity contribution in [3.8, 4) is 5.88 Å². The molecule has 0 spiro atoms. The minimum atomic E-state index is -1.01. The molecule has 45 heavy (non-hydrogen) atoms. The van der Waals surface area contributed by atoms with Crippen molar-refractivity contribution in [2.75, 3.05) is 38.2 Å². The number of aryl methyl sites for hydroxylation is 1. The van der Waals surface area contributed by atoms with Gasteiger partial charge in [-0.05, 0) is 37.3 Å². The van der Waals surface area contributed by atoms with E-state index in [0.717, 1.165) is 18.9 Å². The van der Waals surface area contributed by atoms with Crippen molar-refractivity contribution in [2.24, 2.45) is 0 Å². The van der Waals surface area contributed by atoms with Gasteiger partial charge in [-0.1, -0.05) is 23.7 Å². The topological polar surface area (TPSA) is 110 Å². The molecular weight excluding hydrogens is 601 g/mol. The highest BCUT2D eigenvalue weighted by molar-refractivity contribution is 6.30. The Labute approximate surface area is 264 Å². The number of pyridine rings is 2. The van der Waals surface area contributed by atoms with Crippen LogP contribution >= 0.6 is 11.6 Å². The van der Waals surface area contributed by atoms with E-state index in [2.05, 4.69) is 19.8 Å². The summed E-state index contributed by atoms with van der Waals surface area (Å²) in [6, 6.07) is 13.5. The first-order chi connectivity index (χ1) is 21.8. The summed E-state index contributed by atoms with van der Waals surface area (Å²) in [5, 5.41) is 12.0. The molecule has 13 heteroatoms. The van der Waals surface area contributed by atoms with Gasteiger partial charge in [0.15, 0.2) is 0 Å². The number of esters is 1. The molecule has 4 aromatic heterocycles. The fourth-order valence-corrected chi connectivity index (χ4v) is 5.68. The van der Waals surface area contributed by atoms with E-state index < -0.39 is 17.9 Å². The van der Waals surface area contributed by atoms with Gasteiger partial charge in [-0.2, -0.15) is 4.98 Å². The van der Waals surface area contributed by atoms with Crippen molar-refractivity contribution in [3.05, 3.63) is 106 Å². The number of halogens is 2. The molecule has 6 rings (SSSR count). The first-order valence-electron chi connectivity index (χ1n) is 14.6. The smallest absolute Gasteiger partial charge is 0.339 e. The van der Waals surface area contributed by atoms with E-state index in [1.54, 1.807) is 53.5 Å². The Morgan fingerprint density at radius 2 is 1.93 bits per heavy atom. The number of hydrogen-bond donors (Lipinski definition) is 1. The molecule has 1 atom stereocenters. The number of hydrogen-bond acceptors (Lipinski definition) is 9. The van der Waals surface area contributed by atoms with Crippen LogP contribution in [0.1, 0.15) is 46.0 Å². The number of ether oxygens (including phenoxy) is 2. The maximum absolute atomic E-state index is 14.2. The van der Waals surface area contributed by atoms with Gasteiger partial charge >= 0.3 is 5.97 Å². The Kier molecular flexibility index (Phi) is 8.97. The first-order valence-corrected chi connectivity index (χ1v) is 15.0. The summed E-state index contributed by atoms with van der Waals surface area (Å²) in [6.07, 6.45) is 3.98. The van der Waals surface area contributed by atoms with Crippen LogP contribution in [-0.2, 0) is 24.4 Å². The highest BCUT2D eigenvalue weighted by atomic mass is 35.5. The fraction of sp³-hybridized carbons (Fsp3) is 0.312. The molecule has 1 aromatic carbocycles. The van der Waals surface area contributed by atoms with Gasteiger partial charge in [-0.3, -0.25) is 9.30 Å². The molecule has 0 bridgehead atoms. The molecule has 1 aliphatic heterocycles. The molecule has 5 aromatic rings. The second-order valence-corrected chi connectivity index (χ2v) is 11.1. The molecule has 5 heterocycles. The van der Waals surface area contributed by atoms with Crippen molar-refractivity contribution in [3.63, 3.8) is 0 Å². The summed E-state index contributed by atoms with van der Waals surface area (Å²) in [6.45, 7) is 6.05. The van der Waals surface area contributed by atoms with Gasteiger partial charge in [0, 0.05) is 62.1 Å². The molecule has 0 saturated carbocycles. The Bertz CT molecular complexity index is 1820. The third-order valence-electron chi connectivity index (χ3n) is 7.95. The van der Waals surface area contributed by atoms with Crippen LogP contribution in [0, 0.1) is 5.82 Å². The van der Waals surface area contributed by atoms with Crippen molar-refractivity contribution in [1.29, 1.82) is 0 Å². The third kappa shape index (κ3) is 6.48. The van der Waals surface area contributed by atoms with E-state index in [1.165, 1.54) is 13.2 Å². The highest BCUT2D eigenvalue weighted by Crippen LogP contribution is 2.29. The molecule has 1 saturated heterocycles. The number of aliphatic hydroxyl groups is 1. The van der Waals surface area contributed by atoms with Gasteiger partial charge < -0.3 is 24.0 Å². The zero-order valence-electron chi connectivity index (χ0n) is 24.9. The van der Waals surface area contributed by atoms with Crippen LogP contribution in [0.25, 0.3) is 5.65 Å². The number of nitrogens with zero attached hydrogens (tertiary/aromatic N) is 7. The molecule has 11 nitrogen and oxygen atoms in total. The van der Waals surface area contributed by atoms with Gasteiger partial charge in [0.1, 0.15) is 30.0 Å². The molecule has 1 aliphatic rings. The first kappa shape index (κ1) is 30.5. The monoisotopic (exact) mass is 633 g/mol. The lowest BCUT2D eigenvalue weighted by Crippen LogP contribution is -2.46. The Balaban J connectivity index is 1.17. The molecule has 234 valence electrons. The molecule has 1 fully saturated rings. The molecule has 1 N–H and O–H groups in total. The van der Waals surface area contributed by atoms with Gasteiger partial charge in [0.05, 0.1) is 42.3 Å². The lowest BCUT2D eigenvalue weighted by atomic mass is 10.1. The van der Waals surface area contributed by atoms with Gasteiger partial charge in [0.25, 0.3) is 0 Å². The number of rotatable bonds is 10. The Morgan fingerprint density at radius 3 is 2.69 bits per heavy atom. The zero-order valence-corrected chi connectivity index (χ0v) is 25.7. The normalized spacial score (nSPS) is 14.6. The average molecular weight is 634 g/mol. The van der Waals surface area contributed by atoms with Crippen molar-refractivity contribution < 1.29 is 23.8 Å².